The molecular weight excluding hydrogens is 264 g/mol. The summed E-state index contributed by atoms with van der Waals surface area (Å²) in [7, 11) is 0. The summed E-state index contributed by atoms with van der Waals surface area (Å²) < 4.78 is 0. The second-order valence-electron chi connectivity index (χ2n) is 5.32. The number of aliphatic carboxylic acids is 2. The number of carboxylic acid groups (broad SMARTS) is 2. The lowest BCUT2D eigenvalue weighted by Gasteiger charge is -2.22. The first-order valence-electron chi connectivity index (χ1n) is 6.86. The van der Waals surface area contributed by atoms with E-state index in [2.05, 4.69) is 24.5 Å². The summed E-state index contributed by atoms with van der Waals surface area (Å²) in [4.78, 5) is 33.2. The average molecular weight is 286 g/mol. The van der Waals surface area contributed by atoms with Gasteiger partial charge in [0, 0.05) is 6.04 Å². The Morgan fingerprint density at radius 1 is 1.25 bits per heavy atom. The van der Waals surface area contributed by atoms with E-state index in [1.165, 1.54) is 0 Å². The first-order chi connectivity index (χ1) is 9.35. The van der Waals surface area contributed by atoms with E-state index in [0.29, 0.717) is 11.8 Å². The Hall–Kier alpha value is -1.79. The highest BCUT2D eigenvalue weighted by atomic mass is 16.4. The van der Waals surface area contributed by atoms with Gasteiger partial charge in [0.25, 0.3) is 0 Å². The predicted molar refractivity (Wildman–Crippen MR) is 71.3 cm³/mol. The van der Waals surface area contributed by atoms with Crippen LogP contribution in [0.5, 0.6) is 0 Å². The third kappa shape index (κ3) is 4.40. The molecule has 7 nitrogen and oxygen atoms in total. The van der Waals surface area contributed by atoms with Crippen LogP contribution in [0.25, 0.3) is 0 Å². The van der Waals surface area contributed by atoms with Crippen molar-refractivity contribution < 1.29 is 24.6 Å². The molecule has 0 bridgehead atoms. The van der Waals surface area contributed by atoms with Crippen LogP contribution in [0.2, 0.25) is 0 Å². The quantitative estimate of drug-likeness (QED) is 0.582. The molecule has 0 aromatic heterocycles. The predicted octanol–water partition coefficient (Wildman–Crippen LogP) is 1.04. The fraction of sp³-hybridized carbons (Fsp3) is 0.769. The number of hydrogen-bond acceptors (Lipinski definition) is 3. The monoisotopic (exact) mass is 286 g/mol. The molecule has 1 aliphatic rings. The number of urea groups is 1. The van der Waals surface area contributed by atoms with E-state index in [9.17, 15) is 14.4 Å². The van der Waals surface area contributed by atoms with Gasteiger partial charge >= 0.3 is 18.0 Å². The van der Waals surface area contributed by atoms with E-state index in [1.54, 1.807) is 0 Å². The van der Waals surface area contributed by atoms with Crippen LogP contribution in [-0.2, 0) is 9.59 Å². The number of rotatable bonds is 6. The number of carbonyl (C=O) groups is 3. The zero-order valence-corrected chi connectivity index (χ0v) is 11.8. The Bertz CT molecular complexity index is 385. The van der Waals surface area contributed by atoms with Gasteiger partial charge in [-0.15, -0.1) is 0 Å². The second-order valence-corrected chi connectivity index (χ2v) is 5.32. The standard InChI is InChI=1S/C13H22N2O5/c1-3-8-4-5-9(7(8)2)14-13(20)15-10(12(18)19)6-11(16)17/h7-10H,3-6H2,1-2H3,(H,16,17)(H,18,19)(H2,14,15,20)/t7?,8?,9?,10-/m1/s1. The highest BCUT2D eigenvalue weighted by molar-refractivity contribution is 5.86. The number of carbonyl (C=O) groups excluding carboxylic acids is 1. The molecule has 20 heavy (non-hydrogen) atoms. The van der Waals surface area contributed by atoms with Gasteiger partial charge in [0.1, 0.15) is 6.04 Å². The molecule has 0 saturated heterocycles. The lowest BCUT2D eigenvalue weighted by molar-refractivity contribution is -0.145. The number of hydrogen-bond donors (Lipinski definition) is 4. The lowest BCUT2D eigenvalue weighted by atomic mass is 9.93. The molecule has 114 valence electrons. The summed E-state index contributed by atoms with van der Waals surface area (Å²) in [6.45, 7) is 4.18. The molecule has 1 fully saturated rings. The van der Waals surface area contributed by atoms with Gasteiger partial charge in [-0.25, -0.2) is 9.59 Å². The van der Waals surface area contributed by atoms with Crippen LogP contribution in [0.3, 0.4) is 0 Å². The van der Waals surface area contributed by atoms with Gasteiger partial charge in [0.15, 0.2) is 0 Å². The topological polar surface area (TPSA) is 116 Å². The average Bonchev–Trinajstić information content (AvgIpc) is 2.69. The van der Waals surface area contributed by atoms with Gasteiger partial charge in [0.2, 0.25) is 0 Å². The fourth-order valence-corrected chi connectivity index (χ4v) is 2.77. The molecule has 0 radical (unpaired) electrons. The molecule has 1 rings (SSSR count). The van der Waals surface area contributed by atoms with Crippen LogP contribution in [-0.4, -0.2) is 40.3 Å². The van der Waals surface area contributed by atoms with E-state index in [4.69, 9.17) is 10.2 Å². The maximum atomic E-state index is 11.8. The van der Waals surface area contributed by atoms with Gasteiger partial charge in [-0.3, -0.25) is 4.79 Å². The largest absolute Gasteiger partial charge is 0.481 e. The first-order valence-corrected chi connectivity index (χ1v) is 6.86. The van der Waals surface area contributed by atoms with Crippen molar-refractivity contribution in [3.05, 3.63) is 0 Å². The van der Waals surface area contributed by atoms with Gasteiger partial charge in [-0.2, -0.15) is 0 Å². The van der Waals surface area contributed by atoms with Crippen molar-refractivity contribution >= 4 is 18.0 Å². The molecule has 0 spiro atoms. The molecule has 0 aliphatic heterocycles. The third-order valence-corrected chi connectivity index (χ3v) is 4.05. The van der Waals surface area contributed by atoms with Crippen LogP contribution < -0.4 is 10.6 Å². The molecule has 3 unspecified atom stereocenters. The van der Waals surface area contributed by atoms with Crippen LogP contribution in [0.15, 0.2) is 0 Å². The molecule has 7 heteroatoms. The molecule has 1 aliphatic carbocycles. The zero-order chi connectivity index (χ0) is 15.3. The Morgan fingerprint density at radius 3 is 2.35 bits per heavy atom. The SMILES string of the molecule is CCC1CCC(NC(=O)N[C@H](CC(=O)O)C(=O)O)C1C. The Morgan fingerprint density at radius 2 is 1.90 bits per heavy atom. The summed E-state index contributed by atoms with van der Waals surface area (Å²) in [5.74, 6) is -1.71. The van der Waals surface area contributed by atoms with E-state index < -0.39 is 30.4 Å². The van der Waals surface area contributed by atoms with Crippen molar-refractivity contribution in [3.63, 3.8) is 0 Å². The maximum absolute atomic E-state index is 11.8. The normalized spacial score (nSPS) is 26.8. The minimum Gasteiger partial charge on any atom is -0.481 e. The smallest absolute Gasteiger partial charge is 0.326 e. The molecular formula is C13H22N2O5. The highest BCUT2D eigenvalue weighted by Crippen LogP contribution is 2.33. The van der Waals surface area contributed by atoms with Crippen molar-refractivity contribution in [2.45, 2.75) is 51.6 Å². The third-order valence-electron chi connectivity index (χ3n) is 4.05. The van der Waals surface area contributed by atoms with Crippen LogP contribution in [0, 0.1) is 11.8 Å². The number of carboxylic acids is 2. The molecule has 0 heterocycles. The minimum atomic E-state index is -1.41. The highest BCUT2D eigenvalue weighted by Gasteiger charge is 2.33. The van der Waals surface area contributed by atoms with Crippen LogP contribution >= 0.6 is 0 Å². The Balaban J connectivity index is 2.50. The van der Waals surface area contributed by atoms with Crippen molar-refractivity contribution in [3.8, 4) is 0 Å². The summed E-state index contributed by atoms with van der Waals surface area (Å²) in [6.07, 6.45) is 2.32. The van der Waals surface area contributed by atoms with Crippen molar-refractivity contribution in [1.82, 2.24) is 10.6 Å². The zero-order valence-electron chi connectivity index (χ0n) is 11.8. The van der Waals surface area contributed by atoms with Crippen LogP contribution in [0.1, 0.15) is 39.5 Å². The van der Waals surface area contributed by atoms with Crippen molar-refractivity contribution in [2.75, 3.05) is 0 Å². The van der Waals surface area contributed by atoms with E-state index in [0.717, 1.165) is 19.3 Å². The molecule has 4 N–H and O–H groups in total. The van der Waals surface area contributed by atoms with E-state index in [1.807, 2.05) is 0 Å². The Labute approximate surface area is 117 Å². The summed E-state index contributed by atoms with van der Waals surface area (Å²) in [6, 6.07) is -2.02. The number of nitrogens with one attached hydrogen (secondary N) is 2. The first kappa shape index (κ1) is 16.3. The van der Waals surface area contributed by atoms with Gasteiger partial charge < -0.3 is 20.8 Å². The summed E-state index contributed by atoms with van der Waals surface area (Å²) in [5, 5.41) is 22.4. The van der Waals surface area contributed by atoms with E-state index in [-0.39, 0.29) is 6.04 Å². The van der Waals surface area contributed by atoms with Gasteiger partial charge in [-0.1, -0.05) is 20.3 Å². The summed E-state index contributed by atoms with van der Waals surface area (Å²) >= 11 is 0. The Kier molecular flexibility index (Phi) is 5.79. The second kappa shape index (κ2) is 7.12. The molecule has 4 atom stereocenters. The molecule has 0 aromatic rings. The van der Waals surface area contributed by atoms with Crippen molar-refractivity contribution in [1.29, 1.82) is 0 Å². The molecule has 0 aromatic carbocycles. The fourth-order valence-electron chi connectivity index (χ4n) is 2.77. The number of amides is 2. The van der Waals surface area contributed by atoms with Gasteiger partial charge in [-0.05, 0) is 24.7 Å². The molecule has 1 saturated carbocycles. The molecule has 2 amide bonds. The lowest BCUT2D eigenvalue weighted by Crippen LogP contribution is -2.50. The van der Waals surface area contributed by atoms with E-state index >= 15 is 0 Å². The maximum Gasteiger partial charge on any atom is 0.326 e. The van der Waals surface area contributed by atoms with Crippen molar-refractivity contribution in [2.24, 2.45) is 11.8 Å². The summed E-state index contributed by atoms with van der Waals surface area (Å²) in [5.41, 5.74) is 0. The minimum absolute atomic E-state index is 0.0132. The van der Waals surface area contributed by atoms with Crippen LogP contribution in [0.4, 0.5) is 4.79 Å². The van der Waals surface area contributed by atoms with Gasteiger partial charge in [0.05, 0.1) is 6.42 Å².